The Morgan fingerprint density at radius 1 is 1.23 bits per heavy atom. The third-order valence-corrected chi connectivity index (χ3v) is 2.36. The molecule has 0 amide bonds. The molecule has 1 saturated heterocycles. The van der Waals surface area contributed by atoms with Gasteiger partial charge in [0.15, 0.2) is 0 Å². The van der Waals surface area contributed by atoms with Crippen LogP contribution >= 0.6 is 0 Å². The molecular weight excluding hydrogens is 166 g/mol. The molecular formula is C10H19NO2. The van der Waals surface area contributed by atoms with Gasteiger partial charge in [-0.2, -0.15) is 0 Å². The standard InChI is InChI=1S/C10H19NO2/c1-2-13-10(12)9-11-7-5-3-4-6-8-11/h2-9H2,1H3. The number of nitrogens with zero attached hydrogens (tertiary/aromatic N) is 1. The van der Waals surface area contributed by atoms with E-state index in [1.807, 2.05) is 6.92 Å². The van der Waals surface area contributed by atoms with Crippen LogP contribution in [-0.4, -0.2) is 37.1 Å². The Morgan fingerprint density at radius 3 is 2.38 bits per heavy atom. The van der Waals surface area contributed by atoms with Gasteiger partial charge in [-0.25, -0.2) is 0 Å². The first-order valence-corrected chi connectivity index (χ1v) is 5.21. The van der Waals surface area contributed by atoms with E-state index in [0.29, 0.717) is 13.2 Å². The van der Waals surface area contributed by atoms with E-state index in [1.54, 1.807) is 0 Å². The van der Waals surface area contributed by atoms with Crippen LogP contribution in [0.3, 0.4) is 0 Å². The summed E-state index contributed by atoms with van der Waals surface area (Å²) in [6.45, 7) is 4.93. The molecule has 0 aromatic rings. The van der Waals surface area contributed by atoms with Gasteiger partial charge in [0.2, 0.25) is 0 Å². The lowest BCUT2D eigenvalue weighted by Crippen LogP contribution is -2.31. The average Bonchev–Trinajstić information content (AvgIpc) is 2.33. The van der Waals surface area contributed by atoms with E-state index in [0.717, 1.165) is 13.1 Å². The van der Waals surface area contributed by atoms with Gasteiger partial charge in [0, 0.05) is 0 Å². The topological polar surface area (TPSA) is 29.5 Å². The molecule has 3 heteroatoms. The molecule has 1 aliphatic heterocycles. The van der Waals surface area contributed by atoms with Crippen molar-refractivity contribution in [3.05, 3.63) is 0 Å². The molecule has 13 heavy (non-hydrogen) atoms. The quantitative estimate of drug-likeness (QED) is 0.623. The normalized spacial score (nSPS) is 19.5. The summed E-state index contributed by atoms with van der Waals surface area (Å²) in [6, 6.07) is 0. The van der Waals surface area contributed by atoms with Gasteiger partial charge in [0.05, 0.1) is 13.2 Å². The van der Waals surface area contributed by atoms with E-state index >= 15 is 0 Å². The van der Waals surface area contributed by atoms with Gasteiger partial charge in [-0.3, -0.25) is 9.69 Å². The predicted octanol–water partition coefficient (Wildman–Crippen LogP) is 1.43. The van der Waals surface area contributed by atoms with Gasteiger partial charge in [0.1, 0.15) is 0 Å². The number of rotatable bonds is 3. The lowest BCUT2D eigenvalue weighted by Gasteiger charge is -2.17. The van der Waals surface area contributed by atoms with E-state index < -0.39 is 0 Å². The van der Waals surface area contributed by atoms with E-state index in [9.17, 15) is 4.79 Å². The molecule has 0 atom stereocenters. The summed E-state index contributed by atoms with van der Waals surface area (Å²) in [5, 5.41) is 0. The first-order valence-electron chi connectivity index (χ1n) is 5.21. The molecule has 0 bridgehead atoms. The summed E-state index contributed by atoms with van der Waals surface area (Å²) in [5.74, 6) is -0.0793. The Labute approximate surface area is 80.1 Å². The molecule has 0 saturated carbocycles. The second-order valence-corrected chi connectivity index (χ2v) is 3.50. The van der Waals surface area contributed by atoms with Crippen LogP contribution in [0.25, 0.3) is 0 Å². The summed E-state index contributed by atoms with van der Waals surface area (Å²) in [7, 11) is 0. The highest BCUT2D eigenvalue weighted by Gasteiger charge is 2.12. The molecule has 0 spiro atoms. The Balaban J connectivity index is 2.21. The molecule has 76 valence electrons. The Hall–Kier alpha value is -0.570. The maximum atomic E-state index is 11.2. The van der Waals surface area contributed by atoms with Crippen molar-refractivity contribution < 1.29 is 9.53 Å². The summed E-state index contributed by atoms with van der Waals surface area (Å²) in [4.78, 5) is 13.4. The predicted molar refractivity (Wildman–Crippen MR) is 51.5 cm³/mol. The highest BCUT2D eigenvalue weighted by Crippen LogP contribution is 2.09. The van der Waals surface area contributed by atoms with Crippen molar-refractivity contribution in [2.24, 2.45) is 0 Å². The fraction of sp³-hybridized carbons (Fsp3) is 0.900. The van der Waals surface area contributed by atoms with Gasteiger partial charge in [-0.05, 0) is 32.9 Å². The van der Waals surface area contributed by atoms with Crippen LogP contribution < -0.4 is 0 Å². The SMILES string of the molecule is CCOC(=O)CN1CCCCCC1. The van der Waals surface area contributed by atoms with Crippen molar-refractivity contribution in [3.63, 3.8) is 0 Å². The van der Waals surface area contributed by atoms with Gasteiger partial charge in [0.25, 0.3) is 0 Å². The summed E-state index contributed by atoms with van der Waals surface area (Å²) < 4.78 is 4.90. The Morgan fingerprint density at radius 2 is 1.85 bits per heavy atom. The zero-order chi connectivity index (χ0) is 9.52. The lowest BCUT2D eigenvalue weighted by atomic mass is 10.2. The van der Waals surface area contributed by atoms with Crippen molar-refractivity contribution in [1.82, 2.24) is 4.90 Å². The first kappa shape index (κ1) is 10.5. The molecule has 0 aromatic heterocycles. The second-order valence-electron chi connectivity index (χ2n) is 3.50. The molecule has 0 N–H and O–H groups in total. The zero-order valence-electron chi connectivity index (χ0n) is 8.42. The molecule has 1 rings (SSSR count). The van der Waals surface area contributed by atoms with Crippen molar-refractivity contribution in [1.29, 1.82) is 0 Å². The number of hydrogen-bond acceptors (Lipinski definition) is 3. The van der Waals surface area contributed by atoms with Crippen LogP contribution in [0.1, 0.15) is 32.6 Å². The van der Waals surface area contributed by atoms with Gasteiger partial charge in [-0.15, -0.1) is 0 Å². The smallest absolute Gasteiger partial charge is 0.320 e. The van der Waals surface area contributed by atoms with Crippen LogP contribution in [0.4, 0.5) is 0 Å². The molecule has 3 nitrogen and oxygen atoms in total. The number of hydrogen-bond donors (Lipinski definition) is 0. The van der Waals surface area contributed by atoms with Crippen molar-refractivity contribution >= 4 is 5.97 Å². The van der Waals surface area contributed by atoms with Crippen molar-refractivity contribution in [3.8, 4) is 0 Å². The lowest BCUT2D eigenvalue weighted by molar-refractivity contribution is -0.144. The average molecular weight is 185 g/mol. The molecule has 0 aliphatic carbocycles. The molecule has 1 fully saturated rings. The number of ether oxygens (including phenoxy) is 1. The number of esters is 1. The maximum Gasteiger partial charge on any atom is 0.320 e. The molecule has 0 radical (unpaired) electrons. The van der Waals surface area contributed by atoms with E-state index in [2.05, 4.69) is 4.90 Å². The Bertz CT molecular complexity index is 151. The van der Waals surface area contributed by atoms with Crippen LogP contribution in [-0.2, 0) is 9.53 Å². The fourth-order valence-electron chi connectivity index (χ4n) is 1.68. The van der Waals surface area contributed by atoms with Gasteiger partial charge in [-0.1, -0.05) is 12.8 Å². The minimum Gasteiger partial charge on any atom is -0.465 e. The summed E-state index contributed by atoms with van der Waals surface area (Å²) >= 11 is 0. The molecule has 0 aromatic carbocycles. The van der Waals surface area contributed by atoms with Gasteiger partial charge >= 0.3 is 5.97 Å². The number of likely N-dealkylation sites (tertiary alicyclic amines) is 1. The van der Waals surface area contributed by atoms with Crippen LogP contribution in [0.2, 0.25) is 0 Å². The minimum absolute atomic E-state index is 0.0793. The molecule has 1 aliphatic rings. The third kappa shape index (κ3) is 4.27. The number of carbonyl (C=O) groups excluding carboxylic acids is 1. The largest absolute Gasteiger partial charge is 0.465 e. The molecule has 1 heterocycles. The Kier molecular flexibility index (Phi) is 4.83. The maximum absolute atomic E-state index is 11.2. The van der Waals surface area contributed by atoms with Crippen LogP contribution in [0.5, 0.6) is 0 Å². The van der Waals surface area contributed by atoms with Crippen molar-refractivity contribution in [2.75, 3.05) is 26.2 Å². The van der Waals surface area contributed by atoms with E-state index in [1.165, 1.54) is 25.7 Å². The molecule has 0 unspecified atom stereocenters. The van der Waals surface area contributed by atoms with E-state index in [-0.39, 0.29) is 5.97 Å². The van der Waals surface area contributed by atoms with Crippen LogP contribution in [0, 0.1) is 0 Å². The van der Waals surface area contributed by atoms with E-state index in [4.69, 9.17) is 4.74 Å². The minimum atomic E-state index is -0.0793. The summed E-state index contributed by atoms with van der Waals surface area (Å²) in [6.07, 6.45) is 5.05. The summed E-state index contributed by atoms with van der Waals surface area (Å²) in [5.41, 5.74) is 0. The second kappa shape index (κ2) is 5.97. The van der Waals surface area contributed by atoms with Crippen molar-refractivity contribution in [2.45, 2.75) is 32.6 Å². The van der Waals surface area contributed by atoms with Crippen LogP contribution in [0.15, 0.2) is 0 Å². The highest BCUT2D eigenvalue weighted by atomic mass is 16.5. The number of carbonyl (C=O) groups is 1. The first-order chi connectivity index (χ1) is 6.33. The fourth-order valence-corrected chi connectivity index (χ4v) is 1.68. The zero-order valence-corrected chi connectivity index (χ0v) is 8.42. The highest BCUT2D eigenvalue weighted by molar-refractivity contribution is 5.71. The monoisotopic (exact) mass is 185 g/mol. The third-order valence-electron chi connectivity index (χ3n) is 2.36. The van der Waals surface area contributed by atoms with Gasteiger partial charge < -0.3 is 4.74 Å².